The quantitative estimate of drug-likeness (QED) is 0.0315. The summed E-state index contributed by atoms with van der Waals surface area (Å²) >= 11 is 0. The fourth-order valence-corrected chi connectivity index (χ4v) is 5.66. The molecule has 0 spiro atoms. The zero-order chi connectivity index (χ0) is 33.3. The maximum Gasteiger partial charge on any atom is 0.472 e. The molecule has 0 saturated heterocycles. The van der Waals surface area contributed by atoms with Crippen molar-refractivity contribution >= 4 is 13.7 Å². The second-order valence-corrected chi connectivity index (χ2v) is 13.5. The van der Waals surface area contributed by atoms with E-state index in [0.29, 0.717) is 6.42 Å². The first-order chi connectivity index (χ1) is 21.9. The molecule has 3 unspecified atom stereocenters. The monoisotopic (exact) mass is 656 g/mol. The van der Waals surface area contributed by atoms with E-state index in [2.05, 4.69) is 43.5 Å². The number of aliphatic hydroxyl groups is 1. The van der Waals surface area contributed by atoms with Gasteiger partial charge in [0.05, 0.1) is 25.4 Å². The fraction of sp³-hybridized carbons (Fsp3) is 0.806. The molecule has 0 rings (SSSR count). The van der Waals surface area contributed by atoms with Crippen molar-refractivity contribution < 1.29 is 28.4 Å². The molecule has 1 amide bonds. The van der Waals surface area contributed by atoms with Crippen LogP contribution in [0.4, 0.5) is 0 Å². The van der Waals surface area contributed by atoms with Crippen LogP contribution in [0.1, 0.15) is 155 Å². The van der Waals surface area contributed by atoms with Gasteiger partial charge in [0.25, 0.3) is 0 Å². The summed E-state index contributed by atoms with van der Waals surface area (Å²) in [6.07, 6.45) is 36.2. The summed E-state index contributed by atoms with van der Waals surface area (Å²) in [6, 6.07) is -0.877. The van der Waals surface area contributed by atoms with E-state index < -0.39 is 20.0 Å². The summed E-state index contributed by atoms with van der Waals surface area (Å²) in [6.45, 7) is 4.04. The number of carbonyl (C=O) groups excluding carboxylic acids is 1. The van der Waals surface area contributed by atoms with Crippen LogP contribution in [0, 0.1) is 0 Å². The Hall–Kier alpha value is -1.28. The molecule has 45 heavy (non-hydrogen) atoms. The lowest BCUT2D eigenvalue weighted by Gasteiger charge is -2.23. The van der Waals surface area contributed by atoms with Crippen LogP contribution in [-0.2, 0) is 18.4 Å². The molecule has 8 nitrogen and oxygen atoms in total. The third-order valence-electron chi connectivity index (χ3n) is 7.69. The number of nitrogens with one attached hydrogen (secondary N) is 1. The number of amides is 1. The lowest BCUT2D eigenvalue weighted by molar-refractivity contribution is -0.123. The third kappa shape index (κ3) is 31.1. The highest BCUT2D eigenvalue weighted by Gasteiger charge is 2.26. The summed E-state index contributed by atoms with van der Waals surface area (Å²) in [5.41, 5.74) is 5.34. The van der Waals surface area contributed by atoms with Crippen LogP contribution >= 0.6 is 7.82 Å². The largest absolute Gasteiger partial charge is 0.472 e. The van der Waals surface area contributed by atoms with Gasteiger partial charge < -0.3 is 21.1 Å². The SMILES string of the molecule is CCCCCC/C=C/CC/C=C/C(O)C(COP(=O)(O)OCCN)NC(=O)CCCCCCC/C=C\CCCCCCCCC. The average molecular weight is 657 g/mol. The molecule has 0 aromatic rings. The van der Waals surface area contributed by atoms with Crippen LogP contribution in [-0.4, -0.2) is 47.8 Å². The molecule has 0 bridgehead atoms. The highest BCUT2D eigenvalue weighted by atomic mass is 31.2. The van der Waals surface area contributed by atoms with Crippen LogP contribution in [0.25, 0.3) is 0 Å². The second-order valence-electron chi connectivity index (χ2n) is 12.1. The van der Waals surface area contributed by atoms with Gasteiger partial charge in [0.1, 0.15) is 0 Å². The number of allylic oxidation sites excluding steroid dienone is 5. The molecule has 0 aliphatic heterocycles. The van der Waals surface area contributed by atoms with E-state index in [-0.39, 0.29) is 25.7 Å². The van der Waals surface area contributed by atoms with Gasteiger partial charge >= 0.3 is 7.82 Å². The van der Waals surface area contributed by atoms with Gasteiger partial charge in [-0.2, -0.15) is 0 Å². The lowest BCUT2D eigenvalue weighted by Crippen LogP contribution is -2.45. The molecule has 0 heterocycles. The first-order valence-electron chi connectivity index (χ1n) is 18.1. The van der Waals surface area contributed by atoms with Gasteiger partial charge in [0.2, 0.25) is 5.91 Å². The van der Waals surface area contributed by atoms with E-state index >= 15 is 0 Å². The van der Waals surface area contributed by atoms with Crippen molar-refractivity contribution in [2.24, 2.45) is 5.73 Å². The van der Waals surface area contributed by atoms with Crippen LogP contribution in [0.3, 0.4) is 0 Å². The highest BCUT2D eigenvalue weighted by Crippen LogP contribution is 2.43. The van der Waals surface area contributed by atoms with Crippen molar-refractivity contribution in [3.63, 3.8) is 0 Å². The Morgan fingerprint density at radius 3 is 1.73 bits per heavy atom. The Bertz CT molecular complexity index is 804. The molecule has 0 saturated carbocycles. The Balaban J connectivity index is 4.35. The number of hydrogen-bond donors (Lipinski definition) is 4. The number of phosphoric ester groups is 1. The number of carbonyl (C=O) groups is 1. The minimum atomic E-state index is -4.34. The number of hydrogen-bond acceptors (Lipinski definition) is 6. The van der Waals surface area contributed by atoms with Crippen molar-refractivity contribution in [3.05, 3.63) is 36.5 Å². The molecule has 3 atom stereocenters. The summed E-state index contributed by atoms with van der Waals surface area (Å²) < 4.78 is 21.9. The van der Waals surface area contributed by atoms with Crippen molar-refractivity contribution in [2.45, 2.75) is 167 Å². The van der Waals surface area contributed by atoms with Gasteiger partial charge in [-0.3, -0.25) is 13.8 Å². The fourth-order valence-electron chi connectivity index (χ4n) is 4.90. The third-order valence-corrected chi connectivity index (χ3v) is 8.67. The molecule has 0 aromatic heterocycles. The number of rotatable bonds is 33. The minimum absolute atomic E-state index is 0.0721. The highest BCUT2D eigenvalue weighted by molar-refractivity contribution is 7.47. The van der Waals surface area contributed by atoms with Crippen molar-refractivity contribution in [1.29, 1.82) is 0 Å². The summed E-state index contributed by atoms with van der Waals surface area (Å²) in [5, 5.41) is 13.5. The van der Waals surface area contributed by atoms with Crippen LogP contribution < -0.4 is 11.1 Å². The van der Waals surface area contributed by atoms with Gasteiger partial charge in [-0.1, -0.05) is 127 Å². The number of nitrogens with two attached hydrogens (primary N) is 1. The van der Waals surface area contributed by atoms with Gasteiger partial charge in [-0.25, -0.2) is 4.57 Å². The van der Waals surface area contributed by atoms with Crippen molar-refractivity contribution in [2.75, 3.05) is 19.8 Å². The van der Waals surface area contributed by atoms with Crippen LogP contribution in [0.15, 0.2) is 36.5 Å². The van der Waals surface area contributed by atoms with Gasteiger partial charge in [-0.05, 0) is 57.8 Å². The molecule has 0 aromatic carbocycles. The molecule has 9 heteroatoms. The molecule has 0 fully saturated rings. The predicted octanol–water partition coefficient (Wildman–Crippen LogP) is 9.22. The topological polar surface area (TPSA) is 131 Å². The van der Waals surface area contributed by atoms with E-state index in [0.717, 1.165) is 51.4 Å². The summed E-state index contributed by atoms with van der Waals surface area (Å²) in [7, 11) is -4.34. The molecule has 0 radical (unpaired) electrons. The van der Waals surface area contributed by atoms with Gasteiger partial charge in [0.15, 0.2) is 0 Å². The number of unbranched alkanes of at least 4 members (excludes halogenated alkanes) is 17. The Kier molecular flexibility index (Phi) is 31.7. The first kappa shape index (κ1) is 43.7. The Morgan fingerprint density at radius 1 is 0.711 bits per heavy atom. The molecule has 5 N–H and O–H groups in total. The molecule has 264 valence electrons. The molecule has 0 aliphatic rings. The minimum Gasteiger partial charge on any atom is -0.387 e. The van der Waals surface area contributed by atoms with Crippen LogP contribution in [0.5, 0.6) is 0 Å². The predicted molar refractivity (Wildman–Crippen MR) is 189 cm³/mol. The summed E-state index contributed by atoms with van der Waals surface area (Å²) in [5.74, 6) is -0.217. The Morgan fingerprint density at radius 2 is 1.18 bits per heavy atom. The standard InChI is InChI=1S/C36H69N2O6P/c1-3-5-7-9-11-13-15-16-17-18-19-20-22-24-26-28-30-36(40)38-34(33-44-45(41,42)43-32-31-37)35(39)29-27-25-23-21-14-12-10-8-6-4-2/h14,17-18,21,27,29,34-35,39H,3-13,15-16,19-20,22-26,28,30-33,37H2,1-2H3,(H,38,40)(H,41,42)/b18-17-,21-14+,29-27+. The van der Waals surface area contributed by atoms with E-state index in [1.807, 2.05) is 6.08 Å². The van der Waals surface area contributed by atoms with E-state index in [9.17, 15) is 19.4 Å². The lowest BCUT2D eigenvalue weighted by atomic mass is 10.1. The molecule has 0 aliphatic carbocycles. The molecular formula is C36H69N2O6P. The first-order valence-corrected chi connectivity index (χ1v) is 19.6. The summed E-state index contributed by atoms with van der Waals surface area (Å²) in [4.78, 5) is 22.5. The number of phosphoric acid groups is 1. The van der Waals surface area contributed by atoms with Gasteiger partial charge in [-0.15, -0.1) is 0 Å². The zero-order valence-electron chi connectivity index (χ0n) is 28.8. The maximum atomic E-state index is 12.6. The zero-order valence-corrected chi connectivity index (χ0v) is 29.7. The average Bonchev–Trinajstić information content (AvgIpc) is 3.02. The molecular weight excluding hydrogens is 587 g/mol. The van der Waals surface area contributed by atoms with E-state index in [4.69, 9.17) is 14.8 Å². The van der Waals surface area contributed by atoms with Gasteiger partial charge in [0, 0.05) is 13.0 Å². The van der Waals surface area contributed by atoms with Crippen molar-refractivity contribution in [3.8, 4) is 0 Å². The van der Waals surface area contributed by atoms with Crippen LogP contribution in [0.2, 0.25) is 0 Å². The van der Waals surface area contributed by atoms with E-state index in [1.54, 1.807) is 6.08 Å². The smallest absolute Gasteiger partial charge is 0.387 e. The van der Waals surface area contributed by atoms with Crippen molar-refractivity contribution in [1.82, 2.24) is 5.32 Å². The maximum absolute atomic E-state index is 12.6. The number of aliphatic hydroxyl groups excluding tert-OH is 1. The normalized spacial score (nSPS) is 14.9. The Labute approximate surface area is 276 Å². The second kappa shape index (κ2) is 32.7. The van der Waals surface area contributed by atoms with E-state index in [1.165, 1.54) is 83.5 Å².